The number of amides is 1. The Labute approximate surface area is 99.2 Å². The zero-order valence-corrected chi connectivity index (χ0v) is 9.65. The molecule has 17 heavy (non-hydrogen) atoms. The Balaban J connectivity index is 1.99. The molecule has 0 radical (unpaired) electrons. The first-order valence-corrected chi connectivity index (χ1v) is 5.67. The van der Waals surface area contributed by atoms with Gasteiger partial charge in [-0.2, -0.15) is 4.39 Å². The molecule has 2 unspecified atom stereocenters. The van der Waals surface area contributed by atoms with Crippen LogP contribution in [-0.2, 0) is 4.74 Å². The lowest BCUT2D eigenvalue weighted by Gasteiger charge is -2.19. The van der Waals surface area contributed by atoms with Crippen LogP contribution in [-0.4, -0.2) is 30.1 Å². The van der Waals surface area contributed by atoms with Crippen LogP contribution in [0.3, 0.4) is 0 Å². The van der Waals surface area contributed by atoms with Crippen molar-refractivity contribution in [1.29, 1.82) is 0 Å². The van der Waals surface area contributed by atoms with Crippen LogP contribution in [0.5, 0.6) is 0 Å². The minimum Gasteiger partial charge on any atom is -0.381 e. The highest BCUT2D eigenvalue weighted by atomic mass is 19.1. The van der Waals surface area contributed by atoms with E-state index in [1.165, 1.54) is 12.3 Å². The van der Waals surface area contributed by atoms with Crippen LogP contribution in [0, 0.1) is 11.9 Å². The molecule has 0 saturated carbocycles. The van der Waals surface area contributed by atoms with E-state index in [1.807, 2.05) is 6.92 Å². The number of hydrogen-bond donors (Lipinski definition) is 1. The second-order valence-electron chi connectivity index (χ2n) is 4.23. The Hall–Kier alpha value is -1.49. The molecule has 0 aliphatic carbocycles. The smallest absolute Gasteiger partial charge is 0.256 e. The number of nitrogens with one attached hydrogen (secondary N) is 1. The molecule has 0 spiro atoms. The molecule has 0 bridgehead atoms. The van der Waals surface area contributed by atoms with Crippen molar-refractivity contribution < 1.29 is 13.9 Å². The molecule has 2 rings (SSSR count). The van der Waals surface area contributed by atoms with Crippen molar-refractivity contribution in [3.8, 4) is 0 Å². The first-order chi connectivity index (χ1) is 8.18. The van der Waals surface area contributed by atoms with Gasteiger partial charge in [-0.15, -0.1) is 0 Å². The van der Waals surface area contributed by atoms with E-state index in [1.54, 1.807) is 6.07 Å². The molecule has 1 saturated heterocycles. The third kappa shape index (κ3) is 2.79. The van der Waals surface area contributed by atoms with Gasteiger partial charge < -0.3 is 10.1 Å². The fourth-order valence-electron chi connectivity index (χ4n) is 1.90. The molecule has 1 N–H and O–H groups in total. The summed E-state index contributed by atoms with van der Waals surface area (Å²) in [4.78, 5) is 15.3. The quantitative estimate of drug-likeness (QED) is 0.809. The van der Waals surface area contributed by atoms with Gasteiger partial charge >= 0.3 is 0 Å². The van der Waals surface area contributed by atoms with Gasteiger partial charge in [-0.3, -0.25) is 4.79 Å². The van der Waals surface area contributed by atoms with Crippen molar-refractivity contribution in [3.63, 3.8) is 0 Å². The monoisotopic (exact) mass is 238 g/mol. The molecule has 92 valence electrons. The number of nitrogens with zero attached hydrogens (tertiary/aromatic N) is 1. The van der Waals surface area contributed by atoms with Gasteiger partial charge in [-0.05, 0) is 25.5 Å². The van der Waals surface area contributed by atoms with Crippen molar-refractivity contribution in [2.24, 2.45) is 5.92 Å². The molecule has 1 aliphatic heterocycles. The van der Waals surface area contributed by atoms with E-state index in [2.05, 4.69) is 10.3 Å². The first-order valence-electron chi connectivity index (χ1n) is 5.67. The van der Waals surface area contributed by atoms with Gasteiger partial charge in [0.2, 0.25) is 5.95 Å². The number of pyridine rings is 1. The van der Waals surface area contributed by atoms with Gasteiger partial charge in [-0.25, -0.2) is 4.98 Å². The van der Waals surface area contributed by atoms with E-state index in [-0.39, 0.29) is 11.6 Å². The lowest BCUT2D eigenvalue weighted by molar-refractivity contribution is 0.0917. The largest absolute Gasteiger partial charge is 0.381 e. The summed E-state index contributed by atoms with van der Waals surface area (Å²) in [7, 11) is 0. The minimum absolute atomic E-state index is 0.0155. The molecular formula is C12H15FN2O2. The molecule has 1 fully saturated rings. The zero-order valence-electron chi connectivity index (χ0n) is 9.65. The number of halogens is 1. The Bertz CT molecular complexity index is 405. The first kappa shape index (κ1) is 12.0. The van der Waals surface area contributed by atoms with E-state index in [9.17, 15) is 9.18 Å². The fraction of sp³-hybridized carbons (Fsp3) is 0.500. The average Bonchev–Trinajstić information content (AvgIpc) is 2.82. The third-order valence-electron chi connectivity index (χ3n) is 3.03. The third-order valence-corrected chi connectivity index (χ3v) is 3.03. The Morgan fingerprint density at radius 1 is 1.71 bits per heavy atom. The van der Waals surface area contributed by atoms with Crippen LogP contribution < -0.4 is 5.32 Å². The van der Waals surface area contributed by atoms with E-state index in [4.69, 9.17) is 4.74 Å². The van der Waals surface area contributed by atoms with Crippen LogP contribution in [0.4, 0.5) is 4.39 Å². The van der Waals surface area contributed by atoms with Crippen LogP contribution in [0.1, 0.15) is 23.7 Å². The van der Waals surface area contributed by atoms with Crippen molar-refractivity contribution >= 4 is 5.91 Å². The predicted octanol–water partition coefficient (Wildman–Crippen LogP) is 1.38. The Kier molecular flexibility index (Phi) is 3.68. The van der Waals surface area contributed by atoms with E-state index in [0.717, 1.165) is 13.0 Å². The molecule has 1 amide bonds. The standard InChI is InChI=1S/C12H15FN2O2/c1-8(9-4-6-17-7-9)15-12(16)10-3-2-5-14-11(10)13/h2-3,5,8-9H,4,6-7H2,1H3,(H,15,16). The van der Waals surface area contributed by atoms with Crippen LogP contribution in [0.2, 0.25) is 0 Å². The lowest BCUT2D eigenvalue weighted by atomic mass is 10.0. The summed E-state index contributed by atoms with van der Waals surface area (Å²) in [5, 5.41) is 2.78. The highest BCUT2D eigenvalue weighted by Gasteiger charge is 2.24. The van der Waals surface area contributed by atoms with Gasteiger partial charge in [0, 0.05) is 24.8 Å². The molecular weight excluding hydrogens is 223 g/mol. The van der Waals surface area contributed by atoms with Gasteiger partial charge in [-0.1, -0.05) is 0 Å². The summed E-state index contributed by atoms with van der Waals surface area (Å²) in [6.45, 7) is 3.29. The van der Waals surface area contributed by atoms with Gasteiger partial charge in [0.15, 0.2) is 0 Å². The minimum atomic E-state index is -0.736. The van der Waals surface area contributed by atoms with Crippen LogP contribution in [0.25, 0.3) is 0 Å². The summed E-state index contributed by atoms with van der Waals surface area (Å²) in [5.74, 6) is -0.853. The van der Waals surface area contributed by atoms with Crippen molar-refractivity contribution in [2.75, 3.05) is 13.2 Å². The maximum atomic E-state index is 13.3. The van der Waals surface area contributed by atoms with Gasteiger partial charge in [0.1, 0.15) is 0 Å². The Morgan fingerprint density at radius 3 is 3.18 bits per heavy atom. The topological polar surface area (TPSA) is 51.2 Å². The summed E-state index contributed by atoms with van der Waals surface area (Å²) >= 11 is 0. The predicted molar refractivity (Wildman–Crippen MR) is 60.0 cm³/mol. The number of carbonyl (C=O) groups excluding carboxylic acids is 1. The maximum absolute atomic E-state index is 13.3. The molecule has 1 aromatic rings. The van der Waals surface area contributed by atoms with Gasteiger partial charge in [0.05, 0.1) is 12.2 Å². The van der Waals surface area contributed by atoms with Crippen LogP contribution >= 0.6 is 0 Å². The highest BCUT2D eigenvalue weighted by molar-refractivity contribution is 5.94. The van der Waals surface area contributed by atoms with E-state index >= 15 is 0 Å². The molecule has 4 nitrogen and oxygen atoms in total. The van der Waals surface area contributed by atoms with Crippen molar-refractivity contribution in [2.45, 2.75) is 19.4 Å². The number of ether oxygens (including phenoxy) is 1. The number of rotatable bonds is 3. The van der Waals surface area contributed by atoms with Gasteiger partial charge in [0.25, 0.3) is 5.91 Å². The molecule has 5 heteroatoms. The summed E-state index contributed by atoms with van der Waals surface area (Å²) in [6.07, 6.45) is 2.25. The van der Waals surface area contributed by atoms with Crippen LogP contribution in [0.15, 0.2) is 18.3 Å². The SMILES string of the molecule is CC(NC(=O)c1cccnc1F)C1CCOC1. The molecule has 0 aromatic carbocycles. The molecule has 2 atom stereocenters. The number of carbonyl (C=O) groups is 1. The summed E-state index contributed by atoms with van der Waals surface area (Å²) in [5.41, 5.74) is -0.0155. The highest BCUT2D eigenvalue weighted by Crippen LogP contribution is 2.16. The normalized spacial score (nSPS) is 21.2. The number of hydrogen-bond acceptors (Lipinski definition) is 3. The average molecular weight is 238 g/mol. The molecule has 1 aliphatic rings. The lowest BCUT2D eigenvalue weighted by Crippen LogP contribution is -2.38. The van der Waals surface area contributed by atoms with E-state index in [0.29, 0.717) is 12.5 Å². The van der Waals surface area contributed by atoms with Crippen molar-refractivity contribution in [1.82, 2.24) is 10.3 Å². The summed E-state index contributed by atoms with van der Waals surface area (Å²) < 4.78 is 18.5. The second kappa shape index (κ2) is 5.23. The fourth-order valence-corrected chi connectivity index (χ4v) is 1.90. The summed E-state index contributed by atoms with van der Waals surface area (Å²) in [6, 6.07) is 2.95. The number of aromatic nitrogens is 1. The van der Waals surface area contributed by atoms with E-state index < -0.39 is 11.9 Å². The molecule has 1 aromatic heterocycles. The van der Waals surface area contributed by atoms with Crippen molar-refractivity contribution in [3.05, 3.63) is 29.8 Å². The Morgan fingerprint density at radius 2 is 2.53 bits per heavy atom. The zero-order chi connectivity index (χ0) is 12.3. The molecule has 2 heterocycles. The maximum Gasteiger partial charge on any atom is 0.256 e. The second-order valence-corrected chi connectivity index (χ2v) is 4.23.